The molecular formula is C22H22N4O2. The molecule has 0 aliphatic heterocycles. The summed E-state index contributed by atoms with van der Waals surface area (Å²) >= 11 is 0. The predicted molar refractivity (Wildman–Crippen MR) is 109 cm³/mol. The minimum atomic E-state index is -0.267. The summed E-state index contributed by atoms with van der Waals surface area (Å²) in [5.41, 5.74) is 4.05. The fourth-order valence-corrected chi connectivity index (χ4v) is 2.94. The molecule has 0 bridgehead atoms. The molecule has 1 amide bonds. The van der Waals surface area contributed by atoms with Crippen LogP contribution < -0.4 is 5.32 Å². The zero-order valence-corrected chi connectivity index (χ0v) is 16.4. The molecule has 2 heterocycles. The first-order valence-electron chi connectivity index (χ1n) is 9.16. The van der Waals surface area contributed by atoms with Crippen LogP contribution in [0.15, 0.2) is 59.0 Å². The molecule has 0 atom stereocenters. The molecule has 4 rings (SSSR count). The van der Waals surface area contributed by atoms with Crippen molar-refractivity contribution in [2.24, 2.45) is 0 Å². The summed E-state index contributed by atoms with van der Waals surface area (Å²) in [7, 11) is 0. The van der Waals surface area contributed by atoms with Crippen LogP contribution in [0.4, 0.5) is 5.69 Å². The van der Waals surface area contributed by atoms with Gasteiger partial charge in [-0.05, 0) is 43.3 Å². The van der Waals surface area contributed by atoms with Crippen molar-refractivity contribution in [2.45, 2.75) is 33.1 Å². The number of nitrogens with one attached hydrogen (secondary N) is 1. The van der Waals surface area contributed by atoms with E-state index in [1.165, 1.54) is 0 Å². The topological polar surface area (TPSA) is 73.0 Å². The molecule has 0 aliphatic carbocycles. The average Bonchev–Trinajstić information content (AvgIpc) is 3.25. The second-order valence-electron chi connectivity index (χ2n) is 7.82. The van der Waals surface area contributed by atoms with Gasteiger partial charge in [0.2, 0.25) is 5.89 Å². The smallest absolute Gasteiger partial charge is 0.276 e. The van der Waals surface area contributed by atoms with E-state index in [0.29, 0.717) is 28.4 Å². The van der Waals surface area contributed by atoms with E-state index in [9.17, 15) is 4.79 Å². The van der Waals surface area contributed by atoms with Crippen molar-refractivity contribution in [3.8, 4) is 5.69 Å². The number of benzene rings is 2. The number of para-hydroxylation sites is 1. The van der Waals surface area contributed by atoms with Gasteiger partial charge in [-0.1, -0.05) is 39.0 Å². The molecule has 0 unspecified atom stereocenters. The van der Waals surface area contributed by atoms with Crippen molar-refractivity contribution in [2.75, 3.05) is 5.32 Å². The Morgan fingerprint density at radius 3 is 2.54 bits per heavy atom. The number of rotatable bonds is 3. The van der Waals surface area contributed by atoms with Crippen molar-refractivity contribution in [3.63, 3.8) is 0 Å². The van der Waals surface area contributed by atoms with Crippen LogP contribution in [0.5, 0.6) is 0 Å². The van der Waals surface area contributed by atoms with Gasteiger partial charge in [-0.25, -0.2) is 9.67 Å². The maximum Gasteiger partial charge on any atom is 0.276 e. The third-order valence-electron chi connectivity index (χ3n) is 4.41. The molecule has 0 saturated heterocycles. The molecule has 2 aromatic carbocycles. The SMILES string of the molecule is Cc1cc(C(=O)Nc2ccc3oc(C(C)(C)C)nc3c2)nn1-c1ccccc1. The molecule has 0 saturated carbocycles. The van der Waals surface area contributed by atoms with Gasteiger partial charge in [0.05, 0.1) is 5.69 Å². The number of carbonyl (C=O) groups is 1. The Hall–Kier alpha value is -3.41. The fourth-order valence-electron chi connectivity index (χ4n) is 2.94. The van der Waals surface area contributed by atoms with Gasteiger partial charge < -0.3 is 9.73 Å². The number of carbonyl (C=O) groups excluding carboxylic acids is 1. The van der Waals surface area contributed by atoms with Crippen LogP contribution in [0.1, 0.15) is 42.8 Å². The van der Waals surface area contributed by atoms with E-state index >= 15 is 0 Å². The Kier molecular flexibility index (Phi) is 4.26. The number of nitrogens with zero attached hydrogens (tertiary/aromatic N) is 3. The van der Waals surface area contributed by atoms with Gasteiger partial charge in [-0.3, -0.25) is 4.79 Å². The molecule has 142 valence electrons. The maximum absolute atomic E-state index is 12.7. The van der Waals surface area contributed by atoms with Gasteiger partial charge >= 0.3 is 0 Å². The lowest BCUT2D eigenvalue weighted by atomic mass is 9.97. The minimum Gasteiger partial charge on any atom is -0.440 e. The highest BCUT2D eigenvalue weighted by Crippen LogP contribution is 2.27. The van der Waals surface area contributed by atoms with Crippen molar-refractivity contribution < 1.29 is 9.21 Å². The summed E-state index contributed by atoms with van der Waals surface area (Å²) in [6, 6.07) is 16.9. The second kappa shape index (κ2) is 6.64. The number of hydrogen-bond donors (Lipinski definition) is 1. The number of amides is 1. The minimum absolute atomic E-state index is 0.176. The zero-order valence-electron chi connectivity index (χ0n) is 16.4. The van der Waals surface area contributed by atoms with Crippen LogP contribution >= 0.6 is 0 Å². The molecule has 28 heavy (non-hydrogen) atoms. The van der Waals surface area contributed by atoms with Gasteiger partial charge in [0, 0.05) is 16.8 Å². The molecule has 4 aromatic rings. The highest BCUT2D eigenvalue weighted by atomic mass is 16.3. The summed E-state index contributed by atoms with van der Waals surface area (Å²) < 4.78 is 7.56. The van der Waals surface area contributed by atoms with Crippen molar-refractivity contribution in [3.05, 3.63) is 71.9 Å². The summed E-state index contributed by atoms with van der Waals surface area (Å²) in [6.45, 7) is 8.07. The van der Waals surface area contributed by atoms with Crippen LogP contribution in [0.25, 0.3) is 16.8 Å². The van der Waals surface area contributed by atoms with E-state index in [0.717, 1.165) is 11.4 Å². The average molecular weight is 374 g/mol. The Balaban J connectivity index is 1.58. The van der Waals surface area contributed by atoms with Crippen molar-refractivity contribution in [1.29, 1.82) is 0 Å². The molecule has 1 N–H and O–H groups in total. The van der Waals surface area contributed by atoms with E-state index in [2.05, 4.69) is 15.4 Å². The van der Waals surface area contributed by atoms with Crippen LogP contribution in [-0.2, 0) is 5.41 Å². The zero-order chi connectivity index (χ0) is 19.9. The second-order valence-corrected chi connectivity index (χ2v) is 7.82. The molecule has 0 fully saturated rings. The van der Waals surface area contributed by atoms with Gasteiger partial charge in [-0.15, -0.1) is 0 Å². The fraction of sp³-hybridized carbons (Fsp3) is 0.227. The number of aryl methyl sites for hydroxylation is 1. The van der Waals surface area contributed by atoms with E-state index in [1.54, 1.807) is 16.8 Å². The van der Waals surface area contributed by atoms with Crippen molar-refractivity contribution >= 4 is 22.7 Å². The Morgan fingerprint density at radius 1 is 1.07 bits per heavy atom. The third kappa shape index (κ3) is 3.41. The number of anilines is 1. The van der Waals surface area contributed by atoms with Gasteiger partial charge in [0.15, 0.2) is 11.3 Å². The summed E-state index contributed by atoms with van der Waals surface area (Å²) in [5.74, 6) is 0.403. The summed E-state index contributed by atoms with van der Waals surface area (Å²) in [6.07, 6.45) is 0. The van der Waals surface area contributed by atoms with Gasteiger partial charge in [0.1, 0.15) is 5.52 Å². The first-order chi connectivity index (χ1) is 13.3. The summed E-state index contributed by atoms with van der Waals surface area (Å²) in [4.78, 5) is 17.2. The molecule has 0 spiro atoms. The lowest BCUT2D eigenvalue weighted by molar-refractivity contribution is 0.102. The number of fused-ring (bicyclic) bond motifs is 1. The third-order valence-corrected chi connectivity index (χ3v) is 4.41. The van der Waals surface area contributed by atoms with Crippen LogP contribution in [0, 0.1) is 6.92 Å². The number of hydrogen-bond acceptors (Lipinski definition) is 4. The molecule has 0 radical (unpaired) electrons. The standard InChI is InChI=1S/C22H22N4O2/c1-14-12-18(25-26(14)16-8-6-5-7-9-16)20(27)23-15-10-11-19-17(13-15)24-21(28-19)22(2,3)4/h5-13H,1-4H3,(H,23,27). The van der Waals surface area contributed by atoms with Crippen molar-refractivity contribution in [1.82, 2.24) is 14.8 Å². The molecule has 6 heteroatoms. The molecule has 0 aliphatic rings. The maximum atomic E-state index is 12.7. The van der Waals surface area contributed by atoms with Gasteiger partial charge in [-0.2, -0.15) is 5.10 Å². The quantitative estimate of drug-likeness (QED) is 0.555. The van der Waals surface area contributed by atoms with E-state index in [1.807, 2.05) is 70.2 Å². The van der Waals surface area contributed by atoms with Crippen LogP contribution in [-0.4, -0.2) is 20.7 Å². The predicted octanol–water partition coefficient (Wildman–Crippen LogP) is 4.87. The Morgan fingerprint density at radius 2 is 1.82 bits per heavy atom. The summed E-state index contributed by atoms with van der Waals surface area (Å²) in [5, 5.41) is 7.34. The Bertz CT molecular complexity index is 1150. The van der Waals surface area contributed by atoms with E-state index < -0.39 is 0 Å². The first kappa shape index (κ1) is 18.0. The molecule has 2 aromatic heterocycles. The highest BCUT2D eigenvalue weighted by molar-refractivity contribution is 6.03. The lowest BCUT2D eigenvalue weighted by Gasteiger charge is -2.11. The number of aromatic nitrogens is 3. The monoisotopic (exact) mass is 374 g/mol. The normalized spacial score (nSPS) is 11.7. The van der Waals surface area contributed by atoms with Gasteiger partial charge in [0.25, 0.3) is 5.91 Å². The van der Waals surface area contributed by atoms with Crippen LogP contribution in [0.2, 0.25) is 0 Å². The number of oxazole rings is 1. The molecule has 6 nitrogen and oxygen atoms in total. The Labute approximate surface area is 163 Å². The van der Waals surface area contributed by atoms with E-state index in [-0.39, 0.29) is 11.3 Å². The first-order valence-corrected chi connectivity index (χ1v) is 9.16. The van der Waals surface area contributed by atoms with E-state index in [4.69, 9.17) is 4.42 Å². The highest BCUT2D eigenvalue weighted by Gasteiger charge is 2.21. The lowest BCUT2D eigenvalue weighted by Crippen LogP contribution is -2.13. The largest absolute Gasteiger partial charge is 0.440 e. The molecular weight excluding hydrogens is 352 g/mol. The van der Waals surface area contributed by atoms with Crippen LogP contribution in [0.3, 0.4) is 0 Å².